The Kier molecular flexibility index (Phi) is 5.95. The Morgan fingerprint density at radius 2 is 1.89 bits per heavy atom. The van der Waals surface area contributed by atoms with Gasteiger partial charge in [-0.25, -0.2) is 4.79 Å². The second-order valence-electron chi connectivity index (χ2n) is 9.29. The molecule has 1 aromatic rings. The van der Waals surface area contributed by atoms with Crippen LogP contribution in [0.1, 0.15) is 30.9 Å². The van der Waals surface area contributed by atoms with Crippen molar-refractivity contribution in [3.8, 4) is 5.75 Å². The number of primary amides is 1. The highest BCUT2D eigenvalue weighted by atomic mass is 16.5. The monoisotopic (exact) mass is 501 g/mol. The van der Waals surface area contributed by atoms with E-state index in [4.69, 9.17) is 10.5 Å². The number of nitrogens with zero attached hydrogens (tertiary/aromatic N) is 1. The summed E-state index contributed by atoms with van der Waals surface area (Å²) in [7, 11) is 3.44. The lowest BCUT2D eigenvalue weighted by Crippen LogP contribution is -2.58. The molecule has 12 nitrogen and oxygen atoms in total. The number of fused-ring (bicyclic) bond motifs is 3. The van der Waals surface area contributed by atoms with Crippen LogP contribution in [-0.4, -0.2) is 70.3 Å². The molecule has 0 aliphatic heterocycles. The fraction of sp³-hybridized carbons (Fsp3) is 0.417. The Balaban J connectivity index is 1.92. The standard InChI is InChI=1S/C24H27N3O9/c1-4-36-23(34)26-12-8-13(27(2)3)11-6-9-5-10-7-14(28)17(22(25)33)21(32)24(10,35)20(31)15(9)19(30)16(11)18(12)29/h8-10,29-30,32,35H,4-7H2,1-3H3,(H2,25,33)(H,26,34)/t9-,10+,24+/m1/s1. The van der Waals surface area contributed by atoms with E-state index in [0.29, 0.717) is 11.3 Å². The number of ketones is 2. The number of nitrogens with two attached hydrogens (primary N) is 1. The van der Waals surface area contributed by atoms with Gasteiger partial charge in [-0.05, 0) is 37.3 Å². The van der Waals surface area contributed by atoms with Gasteiger partial charge in [0.05, 0.1) is 17.9 Å². The van der Waals surface area contributed by atoms with E-state index in [1.165, 1.54) is 6.07 Å². The van der Waals surface area contributed by atoms with Crippen molar-refractivity contribution in [3.63, 3.8) is 0 Å². The van der Waals surface area contributed by atoms with Crippen molar-refractivity contribution in [2.45, 2.75) is 31.8 Å². The van der Waals surface area contributed by atoms with Gasteiger partial charge < -0.3 is 35.8 Å². The van der Waals surface area contributed by atoms with Crippen molar-refractivity contribution in [2.75, 3.05) is 30.9 Å². The van der Waals surface area contributed by atoms with Crippen molar-refractivity contribution in [3.05, 3.63) is 34.1 Å². The minimum Gasteiger partial charge on any atom is -0.508 e. The maximum Gasteiger partial charge on any atom is 0.411 e. The molecule has 3 atom stereocenters. The van der Waals surface area contributed by atoms with E-state index in [-0.39, 0.29) is 36.3 Å². The van der Waals surface area contributed by atoms with E-state index < -0.39 is 70.3 Å². The number of phenolic OH excluding ortho intramolecular Hbond substituents is 1. The summed E-state index contributed by atoms with van der Waals surface area (Å²) >= 11 is 0. The van der Waals surface area contributed by atoms with E-state index in [9.17, 15) is 39.6 Å². The normalized spacial score (nSPS) is 25.1. The van der Waals surface area contributed by atoms with Gasteiger partial charge in [-0.3, -0.25) is 19.7 Å². The number of benzene rings is 1. The Morgan fingerprint density at radius 3 is 2.47 bits per heavy atom. The number of hydrogen-bond donors (Lipinski definition) is 6. The number of hydrogen-bond acceptors (Lipinski definition) is 10. The van der Waals surface area contributed by atoms with Crippen LogP contribution in [0.5, 0.6) is 5.75 Å². The molecule has 0 radical (unpaired) electrons. The van der Waals surface area contributed by atoms with Crippen molar-refractivity contribution < 1.29 is 44.3 Å². The van der Waals surface area contributed by atoms with Gasteiger partial charge in [-0.15, -0.1) is 0 Å². The molecule has 0 spiro atoms. The molecule has 1 saturated carbocycles. The average Bonchev–Trinajstić information content (AvgIpc) is 2.77. The van der Waals surface area contributed by atoms with Crippen LogP contribution in [0.25, 0.3) is 5.76 Å². The van der Waals surface area contributed by atoms with Crippen LogP contribution in [0.4, 0.5) is 16.2 Å². The summed E-state index contributed by atoms with van der Waals surface area (Å²) in [5.41, 5.74) is 2.25. The van der Waals surface area contributed by atoms with Gasteiger partial charge in [-0.1, -0.05) is 0 Å². The Bertz CT molecular complexity index is 1280. The molecule has 1 aromatic carbocycles. The summed E-state index contributed by atoms with van der Waals surface area (Å²) in [5.74, 6) is -7.17. The predicted molar refractivity (Wildman–Crippen MR) is 126 cm³/mol. The first-order valence-electron chi connectivity index (χ1n) is 11.3. The number of aliphatic hydroxyl groups is 3. The van der Waals surface area contributed by atoms with Crippen LogP contribution >= 0.6 is 0 Å². The number of amides is 2. The third-order valence-electron chi connectivity index (χ3n) is 7.03. The highest BCUT2D eigenvalue weighted by Crippen LogP contribution is 2.54. The number of anilines is 2. The number of Topliss-reactive ketones (excluding diaryl/α,β-unsaturated/α-hetero) is 2. The van der Waals surface area contributed by atoms with Gasteiger partial charge in [0.25, 0.3) is 5.91 Å². The maximum absolute atomic E-state index is 13.6. The number of carbonyl (C=O) groups excluding carboxylic acids is 4. The molecule has 0 saturated heterocycles. The highest BCUT2D eigenvalue weighted by molar-refractivity contribution is 6.22. The first kappa shape index (κ1) is 25.0. The molecule has 4 rings (SSSR count). The number of aromatic hydroxyl groups is 1. The molecule has 36 heavy (non-hydrogen) atoms. The molecule has 2 amide bonds. The maximum atomic E-state index is 13.6. The zero-order valence-electron chi connectivity index (χ0n) is 19.9. The molecule has 3 aliphatic rings. The second kappa shape index (κ2) is 8.55. The van der Waals surface area contributed by atoms with Gasteiger partial charge >= 0.3 is 6.09 Å². The van der Waals surface area contributed by atoms with Crippen LogP contribution in [0.15, 0.2) is 23.0 Å². The third-order valence-corrected chi connectivity index (χ3v) is 7.03. The Labute approximate surface area is 205 Å². The zero-order chi connectivity index (χ0) is 26.7. The molecule has 1 fully saturated rings. The van der Waals surface area contributed by atoms with Crippen molar-refractivity contribution in [1.29, 1.82) is 0 Å². The fourth-order valence-corrected chi connectivity index (χ4v) is 5.44. The number of phenols is 1. The topological polar surface area (TPSA) is 200 Å². The van der Waals surface area contributed by atoms with E-state index >= 15 is 0 Å². The highest BCUT2D eigenvalue weighted by Gasteiger charge is 2.60. The molecule has 192 valence electrons. The molecule has 0 heterocycles. The summed E-state index contributed by atoms with van der Waals surface area (Å²) in [6.45, 7) is 1.68. The number of rotatable bonds is 4. The van der Waals surface area contributed by atoms with Crippen molar-refractivity contribution in [2.24, 2.45) is 17.6 Å². The van der Waals surface area contributed by atoms with Crippen LogP contribution in [0.3, 0.4) is 0 Å². The molecule has 7 N–H and O–H groups in total. The minimum atomic E-state index is -2.64. The van der Waals surface area contributed by atoms with E-state index in [1.54, 1.807) is 25.9 Å². The first-order chi connectivity index (χ1) is 16.8. The molecule has 0 aromatic heterocycles. The van der Waals surface area contributed by atoms with Crippen LogP contribution in [0, 0.1) is 11.8 Å². The smallest absolute Gasteiger partial charge is 0.411 e. The van der Waals surface area contributed by atoms with Gasteiger partial charge in [0.15, 0.2) is 17.1 Å². The molecular weight excluding hydrogens is 474 g/mol. The Morgan fingerprint density at radius 1 is 1.22 bits per heavy atom. The molecule has 0 bridgehead atoms. The SMILES string of the molecule is CCOC(=O)Nc1cc(N(C)C)c2c(c1O)C(O)=C1C(=O)[C@]3(O)C(O)=C(C(N)=O)C(=O)C[C@@H]3C[C@@H]1C2. The number of nitrogens with one attached hydrogen (secondary N) is 1. The van der Waals surface area contributed by atoms with Crippen molar-refractivity contribution in [1.82, 2.24) is 0 Å². The average molecular weight is 501 g/mol. The number of ether oxygens (including phenoxy) is 1. The summed E-state index contributed by atoms with van der Waals surface area (Å²) in [6, 6.07) is 1.50. The van der Waals surface area contributed by atoms with Gasteiger partial charge in [0.1, 0.15) is 17.1 Å². The molecule has 3 aliphatic carbocycles. The lowest BCUT2D eigenvalue weighted by atomic mass is 9.59. The summed E-state index contributed by atoms with van der Waals surface area (Å²) in [4.78, 5) is 51.5. The number of carbonyl (C=O) groups is 4. The van der Waals surface area contributed by atoms with Crippen LogP contribution < -0.4 is 16.0 Å². The van der Waals surface area contributed by atoms with E-state index in [1.807, 2.05) is 0 Å². The largest absolute Gasteiger partial charge is 0.508 e. The summed E-state index contributed by atoms with van der Waals surface area (Å²) in [6.07, 6.45) is -1.06. The fourth-order valence-electron chi connectivity index (χ4n) is 5.44. The minimum absolute atomic E-state index is 0.0272. The predicted octanol–water partition coefficient (Wildman–Crippen LogP) is 1.06. The summed E-state index contributed by atoms with van der Waals surface area (Å²) < 4.78 is 4.86. The molecule has 12 heteroatoms. The first-order valence-corrected chi connectivity index (χ1v) is 11.3. The summed E-state index contributed by atoms with van der Waals surface area (Å²) in [5, 5.41) is 46.6. The van der Waals surface area contributed by atoms with E-state index in [0.717, 1.165) is 0 Å². The van der Waals surface area contributed by atoms with Gasteiger partial charge in [0.2, 0.25) is 5.78 Å². The lowest BCUT2D eigenvalue weighted by molar-refractivity contribution is -0.147. The van der Waals surface area contributed by atoms with E-state index in [2.05, 4.69) is 5.32 Å². The van der Waals surface area contributed by atoms with Gasteiger partial charge in [0, 0.05) is 37.7 Å². The quantitative estimate of drug-likeness (QED) is 0.256. The number of aliphatic hydroxyl groups excluding tert-OH is 2. The molecule has 0 unspecified atom stereocenters. The zero-order valence-corrected chi connectivity index (χ0v) is 19.9. The van der Waals surface area contributed by atoms with Gasteiger partial charge in [-0.2, -0.15) is 0 Å². The van der Waals surface area contributed by atoms with Crippen LogP contribution in [0.2, 0.25) is 0 Å². The second-order valence-corrected chi connectivity index (χ2v) is 9.29. The molecular formula is C24H27N3O9. The van der Waals surface area contributed by atoms with Crippen molar-refractivity contribution >= 4 is 40.7 Å². The third kappa shape index (κ3) is 3.48. The lowest BCUT2D eigenvalue weighted by Gasteiger charge is -2.46. The van der Waals surface area contributed by atoms with Crippen LogP contribution in [-0.2, 0) is 25.5 Å². The Hall–Kier alpha value is -4.06.